The van der Waals surface area contributed by atoms with Crippen LogP contribution in [-0.4, -0.2) is 38.1 Å². The molecule has 2 rings (SSSR count). The number of hydrogen-bond acceptors (Lipinski definition) is 3. The molecule has 1 aromatic carbocycles. The predicted octanol–water partition coefficient (Wildman–Crippen LogP) is 2.53. The van der Waals surface area contributed by atoms with Crippen LogP contribution in [0.2, 0.25) is 0 Å². The summed E-state index contributed by atoms with van der Waals surface area (Å²) in [5.74, 6) is 0.733. The van der Waals surface area contributed by atoms with Gasteiger partial charge in [-0.1, -0.05) is 29.8 Å². The molecule has 1 fully saturated rings. The highest BCUT2D eigenvalue weighted by atomic mass is 16.5. The number of nitrogens with two attached hydrogens (primary N) is 1. The molecule has 0 radical (unpaired) electrons. The SMILES string of the molecule is CCNC(=NCC(C)(C)C(N)=O)NCC1CCCOC1c1ccc(C)cc1. The molecule has 1 aliphatic rings. The Morgan fingerprint density at radius 3 is 2.63 bits per heavy atom. The summed E-state index contributed by atoms with van der Waals surface area (Å²) >= 11 is 0. The van der Waals surface area contributed by atoms with Crippen LogP contribution in [-0.2, 0) is 9.53 Å². The molecule has 0 bridgehead atoms. The number of nitrogens with one attached hydrogen (secondary N) is 2. The molecule has 150 valence electrons. The van der Waals surface area contributed by atoms with Gasteiger partial charge in [0, 0.05) is 25.6 Å². The Labute approximate surface area is 163 Å². The van der Waals surface area contributed by atoms with E-state index < -0.39 is 5.41 Å². The lowest BCUT2D eigenvalue weighted by molar-refractivity contribution is -0.125. The minimum atomic E-state index is -0.666. The van der Waals surface area contributed by atoms with Crippen LogP contribution in [0.15, 0.2) is 29.3 Å². The van der Waals surface area contributed by atoms with Crippen LogP contribution in [0.1, 0.15) is 50.8 Å². The normalized spacial score (nSPS) is 21.0. The van der Waals surface area contributed by atoms with Gasteiger partial charge in [0.25, 0.3) is 0 Å². The van der Waals surface area contributed by atoms with Crippen molar-refractivity contribution in [1.82, 2.24) is 10.6 Å². The first-order valence-corrected chi connectivity index (χ1v) is 9.83. The van der Waals surface area contributed by atoms with Gasteiger partial charge in [-0.25, -0.2) is 0 Å². The van der Waals surface area contributed by atoms with Crippen LogP contribution in [0.25, 0.3) is 0 Å². The van der Waals surface area contributed by atoms with Gasteiger partial charge in [-0.3, -0.25) is 9.79 Å². The number of guanidine groups is 1. The zero-order valence-electron chi connectivity index (χ0n) is 17.0. The summed E-state index contributed by atoms with van der Waals surface area (Å²) < 4.78 is 6.09. The topological polar surface area (TPSA) is 88.7 Å². The summed E-state index contributed by atoms with van der Waals surface area (Å²) in [6.07, 6.45) is 2.27. The number of amides is 1. The third kappa shape index (κ3) is 6.24. The van der Waals surface area contributed by atoms with Gasteiger partial charge in [-0.05, 0) is 46.1 Å². The molecule has 2 atom stereocenters. The quantitative estimate of drug-likeness (QED) is 0.505. The van der Waals surface area contributed by atoms with E-state index in [-0.39, 0.29) is 12.0 Å². The van der Waals surface area contributed by atoms with Crippen LogP contribution in [0, 0.1) is 18.3 Å². The van der Waals surface area contributed by atoms with Crippen molar-refractivity contribution >= 4 is 11.9 Å². The summed E-state index contributed by atoms with van der Waals surface area (Å²) in [6.45, 7) is 10.4. The monoisotopic (exact) mass is 374 g/mol. The number of primary amides is 1. The molecule has 1 aliphatic heterocycles. The molecule has 0 saturated carbocycles. The molecule has 1 saturated heterocycles. The Bertz CT molecular complexity index is 640. The second-order valence-corrected chi connectivity index (χ2v) is 7.93. The Kier molecular flexibility index (Phi) is 7.66. The van der Waals surface area contributed by atoms with Crippen molar-refractivity contribution in [3.05, 3.63) is 35.4 Å². The smallest absolute Gasteiger partial charge is 0.224 e. The van der Waals surface area contributed by atoms with E-state index in [0.717, 1.165) is 32.5 Å². The number of benzene rings is 1. The van der Waals surface area contributed by atoms with Crippen molar-refractivity contribution in [1.29, 1.82) is 0 Å². The minimum absolute atomic E-state index is 0.0942. The van der Waals surface area contributed by atoms with Gasteiger partial charge < -0.3 is 21.1 Å². The number of ether oxygens (including phenoxy) is 1. The molecule has 0 spiro atoms. The van der Waals surface area contributed by atoms with Crippen molar-refractivity contribution in [2.75, 3.05) is 26.2 Å². The number of aryl methyl sites for hydroxylation is 1. The van der Waals surface area contributed by atoms with Gasteiger partial charge >= 0.3 is 0 Å². The minimum Gasteiger partial charge on any atom is -0.373 e. The van der Waals surface area contributed by atoms with Crippen molar-refractivity contribution in [3.63, 3.8) is 0 Å². The largest absolute Gasteiger partial charge is 0.373 e. The Morgan fingerprint density at radius 1 is 1.30 bits per heavy atom. The van der Waals surface area contributed by atoms with Gasteiger partial charge in [0.1, 0.15) is 0 Å². The fourth-order valence-corrected chi connectivity index (χ4v) is 3.10. The fraction of sp³-hybridized carbons (Fsp3) is 0.619. The highest BCUT2D eigenvalue weighted by Gasteiger charge is 2.28. The molecule has 0 aliphatic carbocycles. The van der Waals surface area contributed by atoms with E-state index in [2.05, 4.69) is 46.8 Å². The number of carbonyl (C=O) groups is 1. The Balaban J connectivity index is 2.03. The van der Waals surface area contributed by atoms with Crippen LogP contribution in [0.3, 0.4) is 0 Å². The maximum absolute atomic E-state index is 11.5. The Hall–Kier alpha value is -2.08. The van der Waals surface area contributed by atoms with Crippen molar-refractivity contribution in [3.8, 4) is 0 Å². The lowest BCUT2D eigenvalue weighted by Gasteiger charge is -2.32. The summed E-state index contributed by atoms with van der Waals surface area (Å²) in [6, 6.07) is 8.59. The van der Waals surface area contributed by atoms with Crippen molar-refractivity contribution in [2.24, 2.45) is 22.1 Å². The number of rotatable bonds is 7. The Morgan fingerprint density at radius 2 is 2.00 bits per heavy atom. The fourth-order valence-electron chi connectivity index (χ4n) is 3.10. The first-order valence-electron chi connectivity index (χ1n) is 9.83. The molecule has 2 unspecified atom stereocenters. The second kappa shape index (κ2) is 9.74. The third-order valence-electron chi connectivity index (χ3n) is 5.03. The second-order valence-electron chi connectivity index (χ2n) is 7.93. The summed E-state index contributed by atoms with van der Waals surface area (Å²) in [4.78, 5) is 16.1. The summed E-state index contributed by atoms with van der Waals surface area (Å²) in [5.41, 5.74) is 7.26. The number of hydrogen-bond donors (Lipinski definition) is 3. The van der Waals surface area contributed by atoms with Gasteiger partial charge in [-0.15, -0.1) is 0 Å². The average Bonchev–Trinajstić information content (AvgIpc) is 2.65. The van der Waals surface area contributed by atoms with E-state index >= 15 is 0 Å². The van der Waals surface area contributed by atoms with Crippen molar-refractivity contribution in [2.45, 2.75) is 46.6 Å². The van der Waals surface area contributed by atoms with Crippen LogP contribution >= 0.6 is 0 Å². The number of nitrogens with zero attached hydrogens (tertiary/aromatic N) is 1. The summed E-state index contributed by atoms with van der Waals surface area (Å²) in [5, 5.41) is 6.66. The van der Waals surface area contributed by atoms with E-state index in [4.69, 9.17) is 10.5 Å². The lowest BCUT2D eigenvalue weighted by atomic mass is 9.89. The van der Waals surface area contributed by atoms with Gasteiger partial charge in [0.2, 0.25) is 5.91 Å². The lowest BCUT2D eigenvalue weighted by Crippen LogP contribution is -2.43. The molecular formula is C21H34N4O2. The number of aliphatic imine (C=N–C) groups is 1. The van der Waals surface area contributed by atoms with Gasteiger partial charge in [0.05, 0.1) is 18.1 Å². The van der Waals surface area contributed by atoms with Crippen molar-refractivity contribution < 1.29 is 9.53 Å². The molecule has 6 nitrogen and oxygen atoms in total. The zero-order chi connectivity index (χ0) is 19.9. The van der Waals surface area contributed by atoms with Gasteiger partial charge in [0.15, 0.2) is 5.96 Å². The van der Waals surface area contributed by atoms with E-state index in [1.807, 2.05) is 20.8 Å². The maximum atomic E-state index is 11.5. The first-order chi connectivity index (χ1) is 12.8. The van der Waals surface area contributed by atoms with Crippen LogP contribution in [0.4, 0.5) is 0 Å². The number of carbonyl (C=O) groups excluding carboxylic acids is 1. The molecule has 0 aromatic heterocycles. The molecule has 1 heterocycles. The van der Waals surface area contributed by atoms with E-state index in [1.165, 1.54) is 11.1 Å². The maximum Gasteiger partial charge on any atom is 0.224 e. The molecule has 1 amide bonds. The molecule has 1 aromatic rings. The third-order valence-corrected chi connectivity index (χ3v) is 5.03. The highest BCUT2D eigenvalue weighted by molar-refractivity contribution is 5.82. The molecule has 6 heteroatoms. The first kappa shape index (κ1) is 21.2. The average molecular weight is 375 g/mol. The van der Waals surface area contributed by atoms with Gasteiger partial charge in [-0.2, -0.15) is 0 Å². The van der Waals surface area contributed by atoms with E-state index in [9.17, 15) is 4.79 Å². The van der Waals surface area contributed by atoms with E-state index in [1.54, 1.807) is 0 Å². The standard InChI is InChI=1S/C21H34N4O2/c1-5-23-20(25-14-21(3,4)19(22)26)24-13-17-7-6-12-27-18(17)16-10-8-15(2)9-11-16/h8-11,17-18H,5-7,12-14H2,1-4H3,(H2,22,26)(H2,23,24,25). The van der Waals surface area contributed by atoms with Crippen LogP contribution in [0.5, 0.6) is 0 Å². The van der Waals surface area contributed by atoms with Crippen LogP contribution < -0.4 is 16.4 Å². The summed E-state index contributed by atoms with van der Waals surface area (Å²) in [7, 11) is 0. The molecule has 4 N–H and O–H groups in total. The molecular weight excluding hydrogens is 340 g/mol. The predicted molar refractivity (Wildman–Crippen MR) is 110 cm³/mol. The van der Waals surface area contributed by atoms with E-state index in [0.29, 0.717) is 18.4 Å². The molecule has 27 heavy (non-hydrogen) atoms. The highest BCUT2D eigenvalue weighted by Crippen LogP contribution is 2.33. The zero-order valence-corrected chi connectivity index (χ0v) is 17.0.